The van der Waals surface area contributed by atoms with Crippen LogP contribution in [0, 0.1) is 5.92 Å². The Hall–Kier alpha value is -1.38. The molecule has 0 fully saturated rings. The first kappa shape index (κ1) is 12.7. The van der Waals surface area contributed by atoms with E-state index in [-0.39, 0.29) is 11.7 Å². The highest BCUT2D eigenvalue weighted by Crippen LogP contribution is 2.28. The van der Waals surface area contributed by atoms with Crippen molar-refractivity contribution >= 4 is 22.6 Å². The van der Waals surface area contributed by atoms with Gasteiger partial charge in [-0.15, -0.1) is 0 Å². The number of halogens is 3. The van der Waals surface area contributed by atoms with E-state index in [4.69, 9.17) is 5.11 Å². The molecule has 9 heteroatoms. The van der Waals surface area contributed by atoms with E-state index in [1.165, 1.54) is 6.92 Å². The summed E-state index contributed by atoms with van der Waals surface area (Å²) in [6.07, 6.45) is -4.57. The van der Waals surface area contributed by atoms with Gasteiger partial charge in [-0.2, -0.15) is 22.5 Å². The van der Waals surface area contributed by atoms with Gasteiger partial charge in [0.05, 0.1) is 5.92 Å². The SMILES string of the molecule is CC(CNc1nc(C(F)(F)F)ns1)C(=O)O. The molecule has 5 nitrogen and oxygen atoms in total. The van der Waals surface area contributed by atoms with E-state index in [1.54, 1.807) is 0 Å². The summed E-state index contributed by atoms with van der Waals surface area (Å²) < 4.78 is 39.4. The molecule has 16 heavy (non-hydrogen) atoms. The first-order valence-corrected chi connectivity index (χ1v) is 4.95. The Balaban J connectivity index is 2.57. The van der Waals surface area contributed by atoms with Gasteiger partial charge in [0.25, 0.3) is 0 Å². The van der Waals surface area contributed by atoms with Gasteiger partial charge in [0, 0.05) is 18.1 Å². The van der Waals surface area contributed by atoms with Crippen LogP contribution in [0.3, 0.4) is 0 Å². The lowest BCUT2D eigenvalue weighted by Crippen LogP contribution is -2.19. The van der Waals surface area contributed by atoms with Gasteiger partial charge in [-0.3, -0.25) is 4.79 Å². The Morgan fingerprint density at radius 1 is 1.62 bits per heavy atom. The molecule has 0 saturated heterocycles. The van der Waals surface area contributed by atoms with Crippen molar-refractivity contribution in [3.63, 3.8) is 0 Å². The molecule has 0 saturated carbocycles. The molecule has 0 amide bonds. The van der Waals surface area contributed by atoms with Gasteiger partial charge in [0.2, 0.25) is 11.0 Å². The number of nitrogens with one attached hydrogen (secondary N) is 1. The van der Waals surface area contributed by atoms with Crippen molar-refractivity contribution in [1.29, 1.82) is 0 Å². The van der Waals surface area contributed by atoms with Crippen LogP contribution in [0.15, 0.2) is 0 Å². The highest BCUT2D eigenvalue weighted by atomic mass is 32.1. The van der Waals surface area contributed by atoms with Gasteiger partial charge in [0.1, 0.15) is 0 Å². The molecule has 0 aromatic carbocycles. The van der Waals surface area contributed by atoms with Crippen LogP contribution in [0.5, 0.6) is 0 Å². The predicted molar refractivity (Wildman–Crippen MR) is 50.2 cm³/mol. The maximum atomic E-state index is 12.1. The molecule has 1 aromatic heterocycles. The minimum atomic E-state index is -4.57. The second-order valence-electron chi connectivity index (χ2n) is 3.04. The van der Waals surface area contributed by atoms with Gasteiger partial charge in [-0.25, -0.2) is 0 Å². The number of aliphatic carboxylic acids is 1. The number of alkyl halides is 3. The average Bonchev–Trinajstić information content (AvgIpc) is 2.61. The third-order valence-electron chi connectivity index (χ3n) is 1.66. The predicted octanol–water partition coefficient (Wildman–Crippen LogP) is 1.69. The number of carbonyl (C=O) groups is 1. The first-order chi connectivity index (χ1) is 7.30. The standard InChI is InChI=1S/C7H8F3N3O2S/c1-3(4(14)15)2-11-6-12-5(13-16-6)7(8,9)10/h3H,2H2,1H3,(H,14,15)(H,11,12,13). The largest absolute Gasteiger partial charge is 0.481 e. The molecule has 0 aliphatic rings. The number of nitrogens with zero attached hydrogens (tertiary/aromatic N) is 2. The fourth-order valence-electron chi connectivity index (χ4n) is 0.738. The van der Waals surface area contributed by atoms with Crippen LogP contribution in [-0.4, -0.2) is 27.0 Å². The van der Waals surface area contributed by atoms with Crippen LogP contribution in [0.4, 0.5) is 18.3 Å². The first-order valence-electron chi connectivity index (χ1n) is 4.18. The summed E-state index contributed by atoms with van der Waals surface area (Å²) in [4.78, 5) is 13.6. The molecule has 90 valence electrons. The molecule has 2 N–H and O–H groups in total. The van der Waals surface area contributed by atoms with Crippen LogP contribution in [0.2, 0.25) is 0 Å². The third kappa shape index (κ3) is 3.33. The van der Waals surface area contributed by atoms with E-state index >= 15 is 0 Å². The topological polar surface area (TPSA) is 75.1 Å². The Morgan fingerprint density at radius 3 is 2.69 bits per heavy atom. The van der Waals surface area contributed by atoms with E-state index in [9.17, 15) is 18.0 Å². The lowest BCUT2D eigenvalue weighted by molar-refractivity contribution is -0.144. The van der Waals surface area contributed by atoms with Crippen LogP contribution in [-0.2, 0) is 11.0 Å². The van der Waals surface area contributed by atoms with E-state index in [2.05, 4.69) is 14.7 Å². The molecule has 1 atom stereocenters. The van der Waals surface area contributed by atoms with Gasteiger partial charge < -0.3 is 10.4 Å². The number of carboxylic acid groups (broad SMARTS) is 1. The number of rotatable bonds is 4. The number of hydrogen-bond acceptors (Lipinski definition) is 5. The highest BCUT2D eigenvalue weighted by molar-refractivity contribution is 7.09. The summed E-state index contributed by atoms with van der Waals surface area (Å²) in [5, 5.41) is 11.0. The number of hydrogen-bond donors (Lipinski definition) is 2. The molecule has 0 bridgehead atoms. The number of anilines is 1. The molecule has 1 rings (SSSR count). The van der Waals surface area contributed by atoms with Crippen molar-refractivity contribution in [3.8, 4) is 0 Å². The van der Waals surface area contributed by atoms with Gasteiger partial charge in [0.15, 0.2) is 0 Å². The average molecular weight is 255 g/mol. The summed E-state index contributed by atoms with van der Waals surface area (Å²) in [6.45, 7) is 1.43. The number of carboxylic acids is 1. The second-order valence-corrected chi connectivity index (χ2v) is 3.79. The molecule has 0 spiro atoms. The van der Waals surface area contributed by atoms with Gasteiger partial charge >= 0.3 is 12.1 Å². The number of aromatic nitrogens is 2. The minimum Gasteiger partial charge on any atom is -0.481 e. The van der Waals surface area contributed by atoms with Crippen LogP contribution in [0.1, 0.15) is 12.7 Å². The zero-order chi connectivity index (χ0) is 12.3. The minimum absolute atomic E-state index is 0.00181. The van der Waals surface area contributed by atoms with Crippen molar-refractivity contribution in [2.24, 2.45) is 5.92 Å². The Morgan fingerprint density at radius 2 is 2.25 bits per heavy atom. The van der Waals surface area contributed by atoms with E-state index in [1.807, 2.05) is 0 Å². The van der Waals surface area contributed by atoms with Crippen molar-refractivity contribution in [3.05, 3.63) is 5.82 Å². The van der Waals surface area contributed by atoms with Crippen molar-refractivity contribution in [2.75, 3.05) is 11.9 Å². The smallest absolute Gasteiger partial charge is 0.452 e. The molecule has 0 aliphatic carbocycles. The zero-order valence-electron chi connectivity index (χ0n) is 8.08. The van der Waals surface area contributed by atoms with E-state index in [0.717, 1.165) is 0 Å². The van der Waals surface area contributed by atoms with Crippen molar-refractivity contribution < 1.29 is 23.1 Å². The molecule has 1 aromatic rings. The van der Waals surface area contributed by atoms with Crippen LogP contribution in [0.25, 0.3) is 0 Å². The quantitative estimate of drug-likeness (QED) is 0.856. The van der Waals surface area contributed by atoms with E-state index in [0.29, 0.717) is 11.5 Å². The highest BCUT2D eigenvalue weighted by Gasteiger charge is 2.36. The fraction of sp³-hybridized carbons (Fsp3) is 0.571. The lowest BCUT2D eigenvalue weighted by atomic mass is 10.2. The Bertz CT molecular complexity index is 379. The molecular weight excluding hydrogens is 247 g/mol. The van der Waals surface area contributed by atoms with Crippen LogP contribution >= 0.6 is 11.5 Å². The second kappa shape index (κ2) is 4.64. The zero-order valence-corrected chi connectivity index (χ0v) is 8.89. The van der Waals surface area contributed by atoms with E-state index < -0.39 is 23.9 Å². The fourth-order valence-corrected chi connectivity index (χ4v) is 1.33. The lowest BCUT2D eigenvalue weighted by Gasteiger charge is -2.05. The summed E-state index contributed by atoms with van der Waals surface area (Å²) in [6, 6.07) is 0. The normalized spacial score (nSPS) is 13.5. The molecular formula is C7H8F3N3O2S. The van der Waals surface area contributed by atoms with Crippen molar-refractivity contribution in [2.45, 2.75) is 13.1 Å². The summed E-state index contributed by atoms with van der Waals surface area (Å²) in [5.74, 6) is -2.96. The maximum Gasteiger partial charge on any atom is 0.452 e. The summed E-state index contributed by atoms with van der Waals surface area (Å²) >= 11 is 0.545. The monoisotopic (exact) mass is 255 g/mol. The van der Waals surface area contributed by atoms with Gasteiger partial charge in [-0.1, -0.05) is 6.92 Å². The molecule has 0 radical (unpaired) electrons. The van der Waals surface area contributed by atoms with Crippen LogP contribution < -0.4 is 5.32 Å². The summed E-state index contributed by atoms with van der Waals surface area (Å²) in [5.41, 5.74) is 0. The Kier molecular flexibility index (Phi) is 3.68. The molecule has 1 unspecified atom stereocenters. The maximum absolute atomic E-state index is 12.1. The molecule has 1 heterocycles. The Labute approximate surface area is 92.5 Å². The summed E-state index contributed by atoms with van der Waals surface area (Å²) in [7, 11) is 0. The molecule has 0 aliphatic heterocycles. The van der Waals surface area contributed by atoms with Gasteiger partial charge in [-0.05, 0) is 0 Å². The van der Waals surface area contributed by atoms with Crippen molar-refractivity contribution in [1.82, 2.24) is 9.36 Å². The third-order valence-corrected chi connectivity index (χ3v) is 2.33.